The second kappa shape index (κ2) is 4.13. The summed E-state index contributed by atoms with van der Waals surface area (Å²) in [4.78, 5) is 16.5. The molecule has 0 bridgehead atoms. The van der Waals surface area contributed by atoms with Crippen LogP contribution in [-0.2, 0) is 0 Å². The zero-order chi connectivity index (χ0) is 13.5. The monoisotopic (exact) mass is 260 g/mol. The molecule has 0 saturated heterocycles. The van der Waals surface area contributed by atoms with E-state index in [2.05, 4.69) is 26.0 Å². The zero-order valence-electron chi connectivity index (χ0n) is 11.0. The molecule has 0 aliphatic rings. The molecule has 0 aliphatic carbocycles. The van der Waals surface area contributed by atoms with E-state index in [1.807, 2.05) is 43.6 Å². The van der Waals surface area contributed by atoms with Gasteiger partial charge in [0.25, 0.3) is 0 Å². The van der Waals surface area contributed by atoms with Gasteiger partial charge in [-0.05, 0) is 37.3 Å². The molecule has 0 fully saturated rings. The fraction of sp³-hybridized carbons (Fsp3) is 0.0625. The van der Waals surface area contributed by atoms with Gasteiger partial charge in [-0.1, -0.05) is 0 Å². The van der Waals surface area contributed by atoms with Gasteiger partial charge in [-0.15, -0.1) is 0 Å². The van der Waals surface area contributed by atoms with Gasteiger partial charge in [0.2, 0.25) is 0 Å². The summed E-state index contributed by atoms with van der Waals surface area (Å²) in [7, 11) is 0. The van der Waals surface area contributed by atoms with Crippen LogP contribution in [-0.4, -0.2) is 19.9 Å². The van der Waals surface area contributed by atoms with Crippen LogP contribution in [0, 0.1) is 6.92 Å². The van der Waals surface area contributed by atoms with Gasteiger partial charge < -0.3 is 4.98 Å². The van der Waals surface area contributed by atoms with E-state index >= 15 is 0 Å². The third-order valence-corrected chi connectivity index (χ3v) is 3.41. The van der Waals surface area contributed by atoms with Gasteiger partial charge in [0, 0.05) is 39.9 Å². The van der Waals surface area contributed by atoms with Gasteiger partial charge in [-0.3, -0.25) is 4.98 Å². The van der Waals surface area contributed by atoms with Crippen LogP contribution in [0.25, 0.3) is 33.2 Å². The Morgan fingerprint density at radius 1 is 0.950 bits per heavy atom. The summed E-state index contributed by atoms with van der Waals surface area (Å²) in [5, 5.41) is 2.18. The molecule has 0 aliphatic heterocycles. The van der Waals surface area contributed by atoms with Crippen LogP contribution in [0.2, 0.25) is 0 Å². The lowest BCUT2D eigenvalue weighted by atomic mass is 10.1. The molecule has 0 unspecified atom stereocenters. The molecule has 3 heterocycles. The number of aromatic amines is 1. The molecule has 20 heavy (non-hydrogen) atoms. The smallest absolute Gasteiger partial charge is 0.159 e. The van der Waals surface area contributed by atoms with E-state index in [0.717, 1.165) is 38.9 Å². The van der Waals surface area contributed by atoms with Crippen molar-refractivity contribution in [2.75, 3.05) is 0 Å². The fourth-order valence-corrected chi connectivity index (χ4v) is 2.38. The van der Waals surface area contributed by atoms with Gasteiger partial charge >= 0.3 is 0 Å². The Balaban J connectivity index is 1.90. The van der Waals surface area contributed by atoms with Crippen LogP contribution >= 0.6 is 0 Å². The first-order valence-electron chi connectivity index (χ1n) is 6.46. The van der Waals surface area contributed by atoms with E-state index in [-0.39, 0.29) is 0 Å². The van der Waals surface area contributed by atoms with Gasteiger partial charge in [0.15, 0.2) is 5.82 Å². The number of rotatable bonds is 1. The Morgan fingerprint density at radius 2 is 1.90 bits per heavy atom. The van der Waals surface area contributed by atoms with Crippen LogP contribution in [0.5, 0.6) is 0 Å². The van der Waals surface area contributed by atoms with Crippen molar-refractivity contribution >= 4 is 21.8 Å². The summed E-state index contributed by atoms with van der Waals surface area (Å²) >= 11 is 0. The molecule has 1 aromatic carbocycles. The van der Waals surface area contributed by atoms with Crippen LogP contribution in [0.1, 0.15) is 5.69 Å². The summed E-state index contributed by atoms with van der Waals surface area (Å²) in [5.41, 5.74) is 3.98. The van der Waals surface area contributed by atoms with Crippen molar-refractivity contribution in [2.45, 2.75) is 6.92 Å². The van der Waals surface area contributed by atoms with E-state index in [1.54, 1.807) is 6.20 Å². The normalized spacial score (nSPS) is 11.2. The van der Waals surface area contributed by atoms with E-state index in [1.165, 1.54) is 0 Å². The summed E-state index contributed by atoms with van der Waals surface area (Å²) in [6.07, 6.45) is 5.58. The molecule has 4 nitrogen and oxygen atoms in total. The number of aryl methyl sites for hydroxylation is 1. The number of benzene rings is 1. The second-order valence-electron chi connectivity index (χ2n) is 4.86. The number of aromatic nitrogens is 4. The molecule has 3 aromatic heterocycles. The van der Waals surface area contributed by atoms with E-state index < -0.39 is 0 Å². The molecule has 4 heteroatoms. The van der Waals surface area contributed by atoms with Crippen LogP contribution in [0.4, 0.5) is 0 Å². The minimum Gasteiger partial charge on any atom is -0.361 e. The highest BCUT2D eigenvalue weighted by molar-refractivity contribution is 5.85. The predicted octanol–water partition coefficient (Wildman–Crippen LogP) is 3.48. The van der Waals surface area contributed by atoms with E-state index in [9.17, 15) is 0 Å². The predicted molar refractivity (Wildman–Crippen MR) is 79.4 cm³/mol. The first kappa shape index (κ1) is 11.1. The van der Waals surface area contributed by atoms with Crippen molar-refractivity contribution in [1.29, 1.82) is 0 Å². The lowest BCUT2D eigenvalue weighted by Gasteiger charge is -2.03. The molecule has 0 spiro atoms. The van der Waals surface area contributed by atoms with Crippen molar-refractivity contribution < 1.29 is 0 Å². The van der Waals surface area contributed by atoms with Crippen molar-refractivity contribution in [3.05, 3.63) is 54.6 Å². The molecular weight excluding hydrogens is 248 g/mol. The van der Waals surface area contributed by atoms with Crippen LogP contribution in [0.3, 0.4) is 0 Å². The molecule has 4 rings (SSSR count). The first-order valence-corrected chi connectivity index (χ1v) is 6.46. The van der Waals surface area contributed by atoms with Gasteiger partial charge in [0.1, 0.15) is 0 Å². The Kier molecular flexibility index (Phi) is 2.29. The SMILES string of the molecule is Cc1cc2cnc(-c3ccc4[nH]ccc4c3)nc2cn1. The number of hydrogen-bond donors (Lipinski definition) is 1. The highest BCUT2D eigenvalue weighted by atomic mass is 14.9. The number of nitrogens with one attached hydrogen (secondary N) is 1. The van der Waals surface area contributed by atoms with Gasteiger partial charge in [-0.25, -0.2) is 9.97 Å². The summed E-state index contributed by atoms with van der Waals surface area (Å²) < 4.78 is 0. The quantitative estimate of drug-likeness (QED) is 0.570. The average molecular weight is 260 g/mol. The number of hydrogen-bond acceptors (Lipinski definition) is 3. The lowest BCUT2D eigenvalue weighted by molar-refractivity contribution is 1.17. The standard InChI is InChI=1S/C16H12N4/c1-10-6-13-8-19-16(20-15(13)9-18-10)12-2-3-14-11(7-12)4-5-17-14/h2-9,17H,1H3. The molecule has 0 amide bonds. The highest BCUT2D eigenvalue weighted by Crippen LogP contribution is 2.22. The molecular formula is C16H12N4. The largest absolute Gasteiger partial charge is 0.361 e. The number of H-pyrrole nitrogens is 1. The third-order valence-electron chi connectivity index (χ3n) is 3.41. The van der Waals surface area contributed by atoms with Crippen molar-refractivity contribution in [1.82, 2.24) is 19.9 Å². The van der Waals surface area contributed by atoms with E-state index in [4.69, 9.17) is 0 Å². The van der Waals surface area contributed by atoms with Gasteiger partial charge in [-0.2, -0.15) is 0 Å². The Hall–Kier alpha value is -2.75. The minimum absolute atomic E-state index is 0.728. The summed E-state index contributed by atoms with van der Waals surface area (Å²) in [6.45, 7) is 1.97. The second-order valence-corrected chi connectivity index (χ2v) is 4.86. The molecule has 0 saturated carbocycles. The van der Waals surface area contributed by atoms with Gasteiger partial charge in [0.05, 0.1) is 11.7 Å². The summed E-state index contributed by atoms with van der Waals surface area (Å²) in [6, 6.07) is 10.2. The van der Waals surface area contributed by atoms with Crippen molar-refractivity contribution in [2.24, 2.45) is 0 Å². The molecule has 4 aromatic rings. The van der Waals surface area contributed by atoms with Crippen LogP contribution < -0.4 is 0 Å². The fourth-order valence-electron chi connectivity index (χ4n) is 2.38. The third kappa shape index (κ3) is 1.73. The molecule has 0 radical (unpaired) electrons. The number of fused-ring (bicyclic) bond motifs is 2. The van der Waals surface area contributed by atoms with E-state index in [0.29, 0.717) is 0 Å². The highest BCUT2D eigenvalue weighted by Gasteiger charge is 2.05. The lowest BCUT2D eigenvalue weighted by Crippen LogP contribution is -1.91. The summed E-state index contributed by atoms with van der Waals surface area (Å²) in [5.74, 6) is 0.728. The van der Waals surface area contributed by atoms with Crippen molar-refractivity contribution in [3.8, 4) is 11.4 Å². The average Bonchev–Trinajstić information content (AvgIpc) is 2.94. The maximum atomic E-state index is 4.59. The van der Waals surface area contributed by atoms with Crippen molar-refractivity contribution in [3.63, 3.8) is 0 Å². The maximum absolute atomic E-state index is 4.59. The Bertz CT molecular complexity index is 924. The first-order chi connectivity index (χ1) is 9.79. The maximum Gasteiger partial charge on any atom is 0.159 e. The number of nitrogens with zero attached hydrogens (tertiary/aromatic N) is 3. The molecule has 96 valence electrons. The Labute approximate surface area is 115 Å². The Morgan fingerprint density at radius 3 is 2.85 bits per heavy atom. The molecule has 1 N–H and O–H groups in total. The van der Waals surface area contributed by atoms with Crippen LogP contribution in [0.15, 0.2) is 48.9 Å². The minimum atomic E-state index is 0.728. The molecule has 0 atom stereocenters. The number of pyridine rings is 1. The zero-order valence-corrected chi connectivity index (χ0v) is 11.0. The topological polar surface area (TPSA) is 54.5 Å².